The highest BCUT2D eigenvalue weighted by atomic mass is 16.6. The summed E-state index contributed by atoms with van der Waals surface area (Å²) in [6.07, 6.45) is 0.491. The van der Waals surface area contributed by atoms with Crippen LogP contribution < -0.4 is 9.47 Å². The van der Waals surface area contributed by atoms with Gasteiger partial charge in [0.2, 0.25) is 5.75 Å². The van der Waals surface area contributed by atoms with Gasteiger partial charge in [0.1, 0.15) is 6.61 Å². The molecule has 0 aliphatic heterocycles. The van der Waals surface area contributed by atoms with Crippen molar-refractivity contribution in [2.45, 2.75) is 13.3 Å². The van der Waals surface area contributed by atoms with Crippen LogP contribution in [0.4, 0.5) is 0 Å². The lowest BCUT2D eigenvalue weighted by Gasteiger charge is -2.11. The normalized spacial score (nSPS) is 10.2. The Morgan fingerprint density at radius 3 is 2.30 bits per heavy atom. The maximum absolute atomic E-state index is 11.3. The SMILES string of the molecule is CCOCC(=O)OCCc1cc(OC)c(O)c(OC)c1. The monoisotopic (exact) mass is 284 g/mol. The van der Waals surface area contributed by atoms with Crippen LogP contribution in [0.1, 0.15) is 12.5 Å². The highest BCUT2D eigenvalue weighted by Crippen LogP contribution is 2.37. The third-order valence-electron chi connectivity index (χ3n) is 2.62. The van der Waals surface area contributed by atoms with Gasteiger partial charge in [-0.2, -0.15) is 0 Å². The van der Waals surface area contributed by atoms with Crippen molar-refractivity contribution in [2.24, 2.45) is 0 Å². The first-order valence-electron chi connectivity index (χ1n) is 6.29. The van der Waals surface area contributed by atoms with Crippen LogP contribution in [0.2, 0.25) is 0 Å². The van der Waals surface area contributed by atoms with E-state index in [1.807, 2.05) is 6.92 Å². The lowest BCUT2D eigenvalue weighted by atomic mass is 10.1. The zero-order valence-electron chi connectivity index (χ0n) is 12.0. The van der Waals surface area contributed by atoms with Crippen molar-refractivity contribution in [2.75, 3.05) is 34.0 Å². The van der Waals surface area contributed by atoms with Crippen LogP contribution in [0.3, 0.4) is 0 Å². The topological polar surface area (TPSA) is 74.2 Å². The van der Waals surface area contributed by atoms with E-state index in [4.69, 9.17) is 18.9 Å². The van der Waals surface area contributed by atoms with E-state index < -0.39 is 5.97 Å². The molecule has 112 valence electrons. The van der Waals surface area contributed by atoms with E-state index in [9.17, 15) is 9.90 Å². The summed E-state index contributed by atoms with van der Waals surface area (Å²) in [7, 11) is 2.92. The zero-order valence-corrected chi connectivity index (χ0v) is 12.0. The molecule has 0 aliphatic carbocycles. The second kappa shape index (κ2) is 8.27. The van der Waals surface area contributed by atoms with Crippen LogP contribution in [-0.2, 0) is 20.7 Å². The number of phenolic OH excluding ortho intramolecular Hbond substituents is 1. The summed E-state index contributed by atoms with van der Waals surface area (Å²) in [5.41, 5.74) is 0.834. The summed E-state index contributed by atoms with van der Waals surface area (Å²) in [4.78, 5) is 11.3. The van der Waals surface area contributed by atoms with Crippen LogP contribution in [0.15, 0.2) is 12.1 Å². The van der Waals surface area contributed by atoms with Crippen LogP contribution >= 0.6 is 0 Å². The average Bonchev–Trinajstić information content (AvgIpc) is 2.46. The van der Waals surface area contributed by atoms with Crippen molar-refractivity contribution in [3.05, 3.63) is 17.7 Å². The van der Waals surface area contributed by atoms with Crippen molar-refractivity contribution in [1.82, 2.24) is 0 Å². The molecule has 0 bridgehead atoms. The number of rotatable bonds is 8. The fourth-order valence-corrected chi connectivity index (χ4v) is 1.60. The fraction of sp³-hybridized carbons (Fsp3) is 0.500. The predicted molar refractivity (Wildman–Crippen MR) is 72.4 cm³/mol. The minimum atomic E-state index is -0.399. The van der Waals surface area contributed by atoms with Crippen molar-refractivity contribution in [1.29, 1.82) is 0 Å². The van der Waals surface area contributed by atoms with Gasteiger partial charge in [-0.3, -0.25) is 0 Å². The highest BCUT2D eigenvalue weighted by Gasteiger charge is 2.11. The Morgan fingerprint density at radius 1 is 1.20 bits per heavy atom. The molecule has 0 saturated carbocycles. The molecular weight excluding hydrogens is 264 g/mol. The third-order valence-corrected chi connectivity index (χ3v) is 2.62. The summed E-state index contributed by atoms with van der Waals surface area (Å²) in [6, 6.07) is 3.35. The molecule has 20 heavy (non-hydrogen) atoms. The van der Waals surface area contributed by atoms with E-state index in [-0.39, 0.29) is 19.0 Å². The second-order valence-corrected chi connectivity index (χ2v) is 3.96. The molecule has 1 N–H and O–H groups in total. The molecule has 0 aromatic heterocycles. The highest BCUT2D eigenvalue weighted by molar-refractivity contribution is 5.70. The van der Waals surface area contributed by atoms with Crippen molar-refractivity contribution in [3.8, 4) is 17.2 Å². The first kappa shape index (κ1) is 16.1. The van der Waals surface area contributed by atoms with Gasteiger partial charge < -0.3 is 24.1 Å². The van der Waals surface area contributed by atoms with E-state index >= 15 is 0 Å². The Hall–Kier alpha value is -1.95. The first-order valence-corrected chi connectivity index (χ1v) is 6.29. The second-order valence-electron chi connectivity index (χ2n) is 3.96. The quantitative estimate of drug-likeness (QED) is 0.730. The molecule has 1 rings (SSSR count). The van der Waals surface area contributed by atoms with E-state index in [0.717, 1.165) is 5.56 Å². The number of carbonyl (C=O) groups excluding carboxylic acids is 1. The van der Waals surface area contributed by atoms with Crippen molar-refractivity contribution >= 4 is 5.97 Å². The van der Waals surface area contributed by atoms with Gasteiger partial charge in [-0.1, -0.05) is 0 Å². The van der Waals surface area contributed by atoms with Gasteiger partial charge in [0.15, 0.2) is 11.5 Å². The van der Waals surface area contributed by atoms with Gasteiger partial charge >= 0.3 is 5.97 Å². The molecule has 0 unspecified atom stereocenters. The average molecular weight is 284 g/mol. The number of hydrogen-bond acceptors (Lipinski definition) is 6. The summed E-state index contributed by atoms with van der Waals surface area (Å²) in [6.45, 7) is 2.46. The molecule has 6 heteroatoms. The molecule has 0 heterocycles. The van der Waals surface area contributed by atoms with Crippen molar-refractivity contribution < 1.29 is 28.8 Å². The predicted octanol–water partition coefficient (Wildman–Crippen LogP) is 1.53. The summed E-state index contributed by atoms with van der Waals surface area (Å²) in [5, 5.41) is 9.77. The third kappa shape index (κ3) is 4.62. The molecule has 1 aromatic rings. The maximum atomic E-state index is 11.3. The van der Waals surface area contributed by atoms with E-state index in [0.29, 0.717) is 24.5 Å². The molecule has 1 aromatic carbocycles. The first-order chi connectivity index (χ1) is 9.62. The molecule has 6 nitrogen and oxygen atoms in total. The Balaban J connectivity index is 2.57. The molecule has 0 fully saturated rings. The standard InChI is InChI=1S/C14H20O6/c1-4-19-9-13(15)20-6-5-10-7-11(17-2)14(16)12(8-10)18-3/h7-8,16H,4-6,9H2,1-3H3. The molecular formula is C14H20O6. The van der Waals surface area contributed by atoms with Gasteiger partial charge in [0.05, 0.1) is 20.8 Å². The van der Waals surface area contributed by atoms with E-state index in [1.54, 1.807) is 12.1 Å². The summed E-state index contributed by atoms with van der Waals surface area (Å²) < 4.78 is 20.1. The Morgan fingerprint density at radius 2 is 1.80 bits per heavy atom. The van der Waals surface area contributed by atoms with Crippen LogP contribution in [0.5, 0.6) is 17.2 Å². The van der Waals surface area contributed by atoms with Crippen LogP contribution in [0, 0.1) is 0 Å². The lowest BCUT2D eigenvalue weighted by Crippen LogP contribution is -2.14. The fourth-order valence-electron chi connectivity index (χ4n) is 1.60. The number of aromatic hydroxyl groups is 1. The molecule has 0 saturated heterocycles. The number of methoxy groups -OCH3 is 2. The van der Waals surface area contributed by atoms with Crippen LogP contribution in [-0.4, -0.2) is 45.1 Å². The molecule has 0 amide bonds. The maximum Gasteiger partial charge on any atom is 0.332 e. The Kier molecular flexibility index (Phi) is 6.66. The van der Waals surface area contributed by atoms with E-state index in [2.05, 4.69) is 0 Å². The van der Waals surface area contributed by atoms with Gasteiger partial charge in [-0.05, 0) is 24.6 Å². The van der Waals surface area contributed by atoms with Crippen molar-refractivity contribution in [3.63, 3.8) is 0 Å². The van der Waals surface area contributed by atoms with Gasteiger partial charge in [-0.15, -0.1) is 0 Å². The number of phenols is 1. The summed E-state index contributed by atoms with van der Waals surface area (Å²) >= 11 is 0. The minimum absolute atomic E-state index is 0.0429. The number of esters is 1. The lowest BCUT2D eigenvalue weighted by molar-refractivity contribution is -0.148. The molecule has 0 aliphatic rings. The smallest absolute Gasteiger partial charge is 0.332 e. The van der Waals surface area contributed by atoms with Gasteiger partial charge in [0, 0.05) is 13.0 Å². The largest absolute Gasteiger partial charge is 0.502 e. The number of carbonyl (C=O) groups is 1. The number of hydrogen-bond donors (Lipinski definition) is 1. The summed E-state index contributed by atoms with van der Waals surface area (Å²) in [5.74, 6) is 0.191. The molecule has 0 radical (unpaired) electrons. The zero-order chi connectivity index (χ0) is 15.0. The van der Waals surface area contributed by atoms with Gasteiger partial charge in [-0.25, -0.2) is 4.79 Å². The van der Waals surface area contributed by atoms with E-state index in [1.165, 1.54) is 14.2 Å². The number of benzene rings is 1. The Bertz CT molecular complexity index is 418. The van der Waals surface area contributed by atoms with Crippen LogP contribution in [0.25, 0.3) is 0 Å². The minimum Gasteiger partial charge on any atom is -0.502 e. The molecule has 0 atom stereocenters. The van der Waals surface area contributed by atoms with Gasteiger partial charge in [0.25, 0.3) is 0 Å². The Labute approximate surface area is 118 Å². The molecule has 0 spiro atoms. The number of ether oxygens (including phenoxy) is 4.